The predicted molar refractivity (Wildman–Crippen MR) is 92.7 cm³/mol. The van der Waals surface area contributed by atoms with Gasteiger partial charge in [-0.05, 0) is 31.0 Å². The molecule has 2 amide bonds. The summed E-state index contributed by atoms with van der Waals surface area (Å²) in [6, 6.07) is 6.44. The Labute approximate surface area is 150 Å². The van der Waals surface area contributed by atoms with Crippen molar-refractivity contribution in [1.29, 1.82) is 0 Å². The van der Waals surface area contributed by atoms with E-state index in [-0.39, 0.29) is 22.8 Å². The highest BCUT2D eigenvalue weighted by Gasteiger charge is 2.33. The zero-order valence-electron chi connectivity index (χ0n) is 13.9. The van der Waals surface area contributed by atoms with Crippen LogP contribution in [0.15, 0.2) is 35.4 Å². The second kappa shape index (κ2) is 7.26. The first kappa shape index (κ1) is 18.1. The highest BCUT2D eigenvalue weighted by molar-refractivity contribution is 7.89. The van der Waals surface area contributed by atoms with Gasteiger partial charge in [-0.2, -0.15) is 4.31 Å². The Hall–Kier alpha value is -2.72. The van der Waals surface area contributed by atoms with Crippen LogP contribution in [-0.2, 0) is 16.6 Å². The Morgan fingerprint density at radius 2 is 2.00 bits per heavy atom. The van der Waals surface area contributed by atoms with Crippen molar-refractivity contribution in [3.05, 3.63) is 47.5 Å². The summed E-state index contributed by atoms with van der Waals surface area (Å²) in [5, 5.41) is 2.62. The number of carbonyl (C=O) groups excluding carboxylic acids is 2. The van der Waals surface area contributed by atoms with E-state index >= 15 is 0 Å². The first-order valence-electron chi connectivity index (χ1n) is 8.10. The number of carbonyl (C=O) groups is 2. The van der Waals surface area contributed by atoms with Gasteiger partial charge in [-0.3, -0.25) is 14.6 Å². The van der Waals surface area contributed by atoms with Gasteiger partial charge in [0, 0.05) is 19.3 Å². The molecule has 0 aromatic carbocycles. The Balaban J connectivity index is 1.85. The zero-order chi connectivity index (χ0) is 18.7. The number of primary amides is 1. The van der Waals surface area contributed by atoms with Gasteiger partial charge in [0.2, 0.25) is 10.0 Å². The van der Waals surface area contributed by atoms with Crippen molar-refractivity contribution < 1.29 is 18.0 Å². The van der Waals surface area contributed by atoms with Crippen LogP contribution in [0.3, 0.4) is 0 Å². The third-order valence-corrected chi connectivity index (χ3v) is 6.03. The van der Waals surface area contributed by atoms with Gasteiger partial charge in [0.05, 0.1) is 12.2 Å². The molecule has 10 heteroatoms. The second-order valence-corrected chi connectivity index (χ2v) is 7.81. The molecule has 3 heterocycles. The van der Waals surface area contributed by atoms with Crippen molar-refractivity contribution in [2.45, 2.75) is 24.3 Å². The lowest BCUT2D eigenvalue weighted by molar-refractivity contribution is 0.0946. The van der Waals surface area contributed by atoms with Crippen molar-refractivity contribution in [1.82, 2.24) is 19.6 Å². The van der Waals surface area contributed by atoms with E-state index in [1.54, 1.807) is 24.4 Å². The number of aromatic nitrogens is 2. The zero-order valence-corrected chi connectivity index (χ0v) is 14.8. The van der Waals surface area contributed by atoms with Gasteiger partial charge in [-0.15, -0.1) is 0 Å². The number of nitrogens with two attached hydrogens (primary N) is 1. The molecule has 0 aliphatic carbocycles. The Kier molecular flexibility index (Phi) is 5.05. The van der Waals surface area contributed by atoms with Gasteiger partial charge < -0.3 is 16.0 Å². The van der Waals surface area contributed by atoms with E-state index in [2.05, 4.69) is 15.3 Å². The lowest BCUT2D eigenvalue weighted by Gasteiger charge is -2.14. The lowest BCUT2D eigenvalue weighted by Crippen LogP contribution is -2.29. The topological polar surface area (TPSA) is 138 Å². The Morgan fingerprint density at radius 3 is 2.62 bits per heavy atom. The molecular weight excluding hydrogens is 358 g/mol. The molecule has 2 aromatic heterocycles. The number of pyridine rings is 1. The fraction of sp³-hybridized carbons (Fsp3) is 0.312. The van der Waals surface area contributed by atoms with Crippen LogP contribution in [0.1, 0.15) is 39.5 Å². The number of amides is 2. The average molecular weight is 377 g/mol. The molecule has 1 aliphatic rings. The van der Waals surface area contributed by atoms with Crippen molar-refractivity contribution >= 4 is 21.8 Å². The largest absolute Gasteiger partial charge is 0.364 e. The summed E-state index contributed by atoms with van der Waals surface area (Å²) in [7, 11) is -3.89. The summed E-state index contributed by atoms with van der Waals surface area (Å²) < 4.78 is 26.8. The summed E-state index contributed by atoms with van der Waals surface area (Å²) in [4.78, 5) is 30.3. The molecule has 2 aromatic rings. The SMILES string of the molecule is NC(=O)c1[nH]c(C(=O)NCc2ccccn2)cc1S(=O)(=O)N1CCCC1. The number of nitrogens with one attached hydrogen (secondary N) is 2. The molecule has 4 N–H and O–H groups in total. The van der Waals surface area contributed by atoms with E-state index in [1.165, 1.54) is 4.31 Å². The van der Waals surface area contributed by atoms with Crippen molar-refractivity contribution in [2.75, 3.05) is 13.1 Å². The third-order valence-electron chi connectivity index (χ3n) is 4.11. The molecule has 1 aliphatic heterocycles. The predicted octanol–water partition coefficient (Wildman–Crippen LogP) is 0.223. The summed E-state index contributed by atoms with van der Waals surface area (Å²) >= 11 is 0. The minimum Gasteiger partial charge on any atom is -0.364 e. The quantitative estimate of drug-likeness (QED) is 0.661. The average Bonchev–Trinajstić information content (AvgIpc) is 3.30. The number of hydrogen-bond acceptors (Lipinski definition) is 5. The standard InChI is InChI=1S/C16H19N5O4S/c17-15(22)14-13(26(24,25)21-7-3-4-8-21)9-12(20-14)16(23)19-10-11-5-1-2-6-18-11/h1-2,5-6,9,20H,3-4,7-8,10H2,(H2,17,22)(H,19,23). The molecule has 0 spiro atoms. The molecule has 26 heavy (non-hydrogen) atoms. The summed E-state index contributed by atoms with van der Waals surface area (Å²) in [5.41, 5.74) is 5.60. The monoisotopic (exact) mass is 377 g/mol. The van der Waals surface area contributed by atoms with E-state index in [1.807, 2.05) is 0 Å². The molecule has 3 rings (SSSR count). The normalized spacial score (nSPS) is 15.1. The Bertz CT molecular complexity index is 917. The van der Waals surface area contributed by atoms with Crippen LogP contribution < -0.4 is 11.1 Å². The molecule has 0 atom stereocenters. The summed E-state index contributed by atoms with van der Waals surface area (Å²) in [5.74, 6) is -1.49. The highest BCUT2D eigenvalue weighted by atomic mass is 32.2. The van der Waals surface area contributed by atoms with E-state index < -0.39 is 21.8 Å². The highest BCUT2D eigenvalue weighted by Crippen LogP contribution is 2.24. The maximum atomic E-state index is 12.7. The van der Waals surface area contributed by atoms with Gasteiger partial charge in [0.1, 0.15) is 16.3 Å². The van der Waals surface area contributed by atoms with Gasteiger partial charge in [0.25, 0.3) is 11.8 Å². The first-order chi connectivity index (χ1) is 12.4. The fourth-order valence-corrected chi connectivity index (χ4v) is 4.47. The van der Waals surface area contributed by atoms with Gasteiger partial charge in [-0.25, -0.2) is 8.42 Å². The van der Waals surface area contributed by atoms with Crippen LogP contribution >= 0.6 is 0 Å². The van der Waals surface area contributed by atoms with Crippen LogP contribution in [0.4, 0.5) is 0 Å². The molecule has 1 fully saturated rings. The maximum Gasteiger partial charge on any atom is 0.268 e. The van der Waals surface area contributed by atoms with E-state index in [9.17, 15) is 18.0 Å². The molecule has 0 saturated carbocycles. The molecule has 0 radical (unpaired) electrons. The van der Waals surface area contributed by atoms with Crippen LogP contribution in [0.5, 0.6) is 0 Å². The molecule has 9 nitrogen and oxygen atoms in total. The molecular formula is C16H19N5O4S. The van der Waals surface area contributed by atoms with E-state index in [4.69, 9.17) is 5.73 Å². The van der Waals surface area contributed by atoms with Crippen molar-refractivity contribution in [2.24, 2.45) is 5.73 Å². The smallest absolute Gasteiger partial charge is 0.268 e. The first-order valence-corrected chi connectivity index (χ1v) is 9.54. The van der Waals surface area contributed by atoms with E-state index in [0.717, 1.165) is 18.9 Å². The van der Waals surface area contributed by atoms with Crippen LogP contribution in [0.25, 0.3) is 0 Å². The second-order valence-electron chi connectivity index (χ2n) is 5.90. The number of aromatic amines is 1. The van der Waals surface area contributed by atoms with Crippen LogP contribution in [-0.4, -0.2) is 47.6 Å². The lowest BCUT2D eigenvalue weighted by atomic mass is 10.3. The van der Waals surface area contributed by atoms with Gasteiger partial charge in [0.15, 0.2) is 0 Å². The molecule has 0 unspecified atom stereocenters. The number of sulfonamides is 1. The maximum absolute atomic E-state index is 12.7. The third kappa shape index (κ3) is 3.60. The van der Waals surface area contributed by atoms with Crippen LogP contribution in [0.2, 0.25) is 0 Å². The van der Waals surface area contributed by atoms with Gasteiger partial charge in [-0.1, -0.05) is 6.07 Å². The van der Waals surface area contributed by atoms with Gasteiger partial charge >= 0.3 is 0 Å². The number of rotatable bonds is 6. The van der Waals surface area contributed by atoms with Crippen molar-refractivity contribution in [3.8, 4) is 0 Å². The molecule has 0 bridgehead atoms. The molecule has 1 saturated heterocycles. The number of H-pyrrole nitrogens is 1. The minimum absolute atomic E-state index is 0.0486. The molecule has 138 valence electrons. The van der Waals surface area contributed by atoms with Crippen LogP contribution in [0, 0.1) is 0 Å². The summed E-state index contributed by atoms with van der Waals surface area (Å²) in [6.07, 6.45) is 3.11. The Morgan fingerprint density at radius 1 is 1.27 bits per heavy atom. The number of hydrogen-bond donors (Lipinski definition) is 3. The number of nitrogens with zero attached hydrogens (tertiary/aromatic N) is 2. The minimum atomic E-state index is -3.89. The van der Waals surface area contributed by atoms with Crippen molar-refractivity contribution in [3.63, 3.8) is 0 Å². The fourth-order valence-electron chi connectivity index (χ4n) is 2.78. The van der Waals surface area contributed by atoms with E-state index in [0.29, 0.717) is 18.8 Å². The summed E-state index contributed by atoms with van der Waals surface area (Å²) in [6.45, 7) is 0.929.